The number of rotatable bonds is 5. The minimum Gasteiger partial charge on any atom is -0.490 e. The van der Waals surface area contributed by atoms with Crippen LogP contribution >= 0.6 is 0 Å². The second kappa shape index (κ2) is 5.95. The largest absolute Gasteiger partial charge is 0.490 e. The fourth-order valence-corrected chi connectivity index (χ4v) is 2.21. The van der Waals surface area contributed by atoms with Crippen molar-refractivity contribution in [3.63, 3.8) is 0 Å². The zero-order valence-electron chi connectivity index (χ0n) is 10.9. The van der Waals surface area contributed by atoms with Crippen LogP contribution in [0.4, 0.5) is 5.69 Å². The van der Waals surface area contributed by atoms with E-state index in [9.17, 15) is 0 Å². The van der Waals surface area contributed by atoms with Crippen LogP contribution in [0, 0.1) is 0 Å². The van der Waals surface area contributed by atoms with Gasteiger partial charge in [-0.05, 0) is 63.3 Å². The Balaban J connectivity index is 1.88. The summed E-state index contributed by atoms with van der Waals surface area (Å²) in [6, 6.07) is 8.88. The van der Waals surface area contributed by atoms with E-state index in [1.54, 1.807) is 0 Å². The first-order valence-corrected chi connectivity index (χ1v) is 6.81. The molecule has 2 rings (SSSR count). The van der Waals surface area contributed by atoms with Crippen molar-refractivity contribution in [3.05, 3.63) is 24.3 Å². The van der Waals surface area contributed by atoms with Gasteiger partial charge in [-0.1, -0.05) is 6.92 Å². The Bertz CT molecular complexity index is 327. The summed E-state index contributed by atoms with van der Waals surface area (Å²) in [7, 11) is 0. The van der Waals surface area contributed by atoms with Crippen LogP contribution in [0.15, 0.2) is 24.3 Å². The molecule has 2 nitrogen and oxygen atoms in total. The molecule has 0 amide bonds. The van der Waals surface area contributed by atoms with Crippen molar-refractivity contribution in [3.8, 4) is 5.75 Å². The quantitative estimate of drug-likeness (QED) is 0.822. The van der Waals surface area contributed by atoms with E-state index in [-0.39, 0.29) is 0 Å². The summed E-state index contributed by atoms with van der Waals surface area (Å²) < 4.78 is 5.93. The standard InChI is InChI=1S/C15H23NO/c1-3-12(2)16-13-8-10-15(11-9-13)17-14-6-4-5-7-14/h8-12,14,16H,3-7H2,1-2H3. The molecule has 1 unspecified atom stereocenters. The van der Waals surface area contributed by atoms with Crippen LogP contribution in [-0.4, -0.2) is 12.1 Å². The highest BCUT2D eigenvalue weighted by molar-refractivity contribution is 5.46. The molecular formula is C15H23NO. The SMILES string of the molecule is CCC(C)Nc1ccc(OC2CCCC2)cc1. The first-order chi connectivity index (χ1) is 8.28. The van der Waals surface area contributed by atoms with Gasteiger partial charge in [-0.2, -0.15) is 0 Å². The highest BCUT2D eigenvalue weighted by atomic mass is 16.5. The maximum Gasteiger partial charge on any atom is 0.119 e. The topological polar surface area (TPSA) is 21.3 Å². The van der Waals surface area contributed by atoms with E-state index in [2.05, 4.69) is 43.4 Å². The highest BCUT2D eigenvalue weighted by Crippen LogP contribution is 2.25. The second-order valence-corrected chi connectivity index (χ2v) is 5.00. The van der Waals surface area contributed by atoms with Crippen molar-refractivity contribution >= 4 is 5.69 Å². The third-order valence-corrected chi connectivity index (χ3v) is 3.48. The van der Waals surface area contributed by atoms with Crippen molar-refractivity contribution < 1.29 is 4.74 Å². The third kappa shape index (κ3) is 3.65. The molecule has 1 aromatic rings. The first kappa shape index (κ1) is 12.3. The summed E-state index contributed by atoms with van der Waals surface area (Å²) >= 11 is 0. The molecule has 1 aliphatic rings. The van der Waals surface area contributed by atoms with Crippen molar-refractivity contribution in [1.29, 1.82) is 0 Å². The molecule has 1 N–H and O–H groups in total. The van der Waals surface area contributed by atoms with Gasteiger partial charge in [-0.25, -0.2) is 0 Å². The lowest BCUT2D eigenvalue weighted by molar-refractivity contribution is 0.210. The fourth-order valence-electron chi connectivity index (χ4n) is 2.21. The zero-order chi connectivity index (χ0) is 12.1. The Morgan fingerprint density at radius 1 is 1.24 bits per heavy atom. The zero-order valence-corrected chi connectivity index (χ0v) is 10.9. The van der Waals surface area contributed by atoms with Crippen LogP contribution in [0.1, 0.15) is 46.0 Å². The van der Waals surface area contributed by atoms with E-state index in [0.717, 1.165) is 12.2 Å². The minimum absolute atomic E-state index is 0.448. The van der Waals surface area contributed by atoms with Crippen LogP contribution in [0.2, 0.25) is 0 Å². The van der Waals surface area contributed by atoms with Crippen molar-refractivity contribution in [1.82, 2.24) is 0 Å². The van der Waals surface area contributed by atoms with Crippen molar-refractivity contribution in [2.45, 2.75) is 58.1 Å². The van der Waals surface area contributed by atoms with Gasteiger partial charge in [-0.3, -0.25) is 0 Å². The lowest BCUT2D eigenvalue weighted by Crippen LogP contribution is -2.13. The molecule has 2 heteroatoms. The van der Waals surface area contributed by atoms with Crippen LogP contribution in [0.5, 0.6) is 5.75 Å². The number of nitrogens with one attached hydrogen (secondary N) is 1. The maximum atomic E-state index is 5.93. The van der Waals surface area contributed by atoms with Crippen LogP contribution in [-0.2, 0) is 0 Å². The van der Waals surface area contributed by atoms with Gasteiger partial charge in [0.05, 0.1) is 6.10 Å². The van der Waals surface area contributed by atoms with Crippen molar-refractivity contribution in [2.75, 3.05) is 5.32 Å². The average Bonchev–Trinajstić information content (AvgIpc) is 2.84. The summed E-state index contributed by atoms with van der Waals surface area (Å²) in [6.07, 6.45) is 6.65. The molecule has 1 atom stereocenters. The Kier molecular flexibility index (Phi) is 4.29. The van der Waals surface area contributed by atoms with E-state index in [1.165, 1.54) is 31.4 Å². The molecule has 1 aromatic carbocycles. The minimum atomic E-state index is 0.448. The van der Waals surface area contributed by atoms with Gasteiger partial charge in [-0.15, -0.1) is 0 Å². The highest BCUT2D eigenvalue weighted by Gasteiger charge is 2.16. The molecule has 0 aromatic heterocycles. The van der Waals surface area contributed by atoms with Gasteiger partial charge in [0.1, 0.15) is 5.75 Å². The van der Waals surface area contributed by atoms with E-state index in [0.29, 0.717) is 12.1 Å². The van der Waals surface area contributed by atoms with E-state index < -0.39 is 0 Å². The van der Waals surface area contributed by atoms with Gasteiger partial charge < -0.3 is 10.1 Å². The van der Waals surface area contributed by atoms with Gasteiger partial charge in [0.15, 0.2) is 0 Å². The predicted molar refractivity (Wildman–Crippen MR) is 72.7 cm³/mol. The predicted octanol–water partition coefficient (Wildman–Crippen LogP) is 4.22. The van der Waals surface area contributed by atoms with Crippen LogP contribution in [0.3, 0.4) is 0 Å². The molecular weight excluding hydrogens is 210 g/mol. The van der Waals surface area contributed by atoms with Crippen LogP contribution in [0.25, 0.3) is 0 Å². The van der Waals surface area contributed by atoms with E-state index >= 15 is 0 Å². The molecule has 17 heavy (non-hydrogen) atoms. The normalized spacial score (nSPS) is 18.0. The Morgan fingerprint density at radius 3 is 2.47 bits per heavy atom. The molecule has 1 aliphatic carbocycles. The summed E-state index contributed by atoms with van der Waals surface area (Å²) in [5.41, 5.74) is 1.18. The average molecular weight is 233 g/mol. The molecule has 0 spiro atoms. The fraction of sp³-hybridized carbons (Fsp3) is 0.600. The second-order valence-electron chi connectivity index (χ2n) is 5.00. The van der Waals surface area contributed by atoms with Gasteiger partial charge in [0.25, 0.3) is 0 Å². The number of hydrogen-bond acceptors (Lipinski definition) is 2. The summed E-state index contributed by atoms with van der Waals surface area (Å²) in [6.45, 7) is 4.39. The molecule has 94 valence electrons. The number of benzene rings is 1. The smallest absolute Gasteiger partial charge is 0.119 e. The molecule has 1 fully saturated rings. The molecule has 0 saturated heterocycles. The van der Waals surface area contributed by atoms with Gasteiger partial charge in [0.2, 0.25) is 0 Å². The Morgan fingerprint density at radius 2 is 1.88 bits per heavy atom. The van der Waals surface area contributed by atoms with Gasteiger partial charge >= 0.3 is 0 Å². The summed E-state index contributed by atoms with van der Waals surface area (Å²) in [5.74, 6) is 1.01. The Hall–Kier alpha value is -1.18. The maximum absolute atomic E-state index is 5.93. The number of ether oxygens (including phenoxy) is 1. The molecule has 1 saturated carbocycles. The molecule has 0 radical (unpaired) electrons. The summed E-state index contributed by atoms with van der Waals surface area (Å²) in [4.78, 5) is 0. The molecule has 0 bridgehead atoms. The third-order valence-electron chi connectivity index (χ3n) is 3.48. The summed E-state index contributed by atoms with van der Waals surface area (Å²) in [5, 5.41) is 3.46. The van der Waals surface area contributed by atoms with E-state index in [1.807, 2.05) is 0 Å². The van der Waals surface area contributed by atoms with Crippen molar-refractivity contribution in [2.24, 2.45) is 0 Å². The monoisotopic (exact) mass is 233 g/mol. The van der Waals surface area contributed by atoms with E-state index in [4.69, 9.17) is 4.74 Å². The Labute approximate surface area is 104 Å². The first-order valence-electron chi connectivity index (χ1n) is 6.81. The number of anilines is 1. The van der Waals surface area contributed by atoms with Crippen LogP contribution < -0.4 is 10.1 Å². The molecule has 0 heterocycles. The molecule has 0 aliphatic heterocycles. The number of hydrogen-bond donors (Lipinski definition) is 1. The van der Waals surface area contributed by atoms with Gasteiger partial charge in [0, 0.05) is 11.7 Å². The lowest BCUT2D eigenvalue weighted by Gasteiger charge is -2.15. The lowest BCUT2D eigenvalue weighted by atomic mass is 10.2.